The van der Waals surface area contributed by atoms with Gasteiger partial charge in [0.1, 0.15) is 17.0 Å². The maximum absolute atomic E-state index is 12.7. The molecule has 9 heteroatoms. The summed E-state index contributed by atoms with van der Waals surface area (Å²) in [6, 6.07) is 8.67. The molecule has 30 heavy (non-hydrogen) atoms. The summed E-state index contributed by atoms with van der Waals surface area (Å²) >= 11 is 0. The number of hydrogen-bond acceptors (Lipinski definition) is 5. The molecule has 6 nitrogen and oxygen atoms in total. The number of benzene rings is 2. The van der Waals surface area contributed by atoms with Crippen LogP contribution >= 0.6 is 0 Å². The highest BCUT2D eigenvalue weighted by Gasteiger charge is 2.30. The normalized spacial score (nSPS) is 12.5. The number of methoxy groups -OCH3 is 1. The summed E-state index contributed by atoms with van der Waals surface area (Å²) in [7, 11) is 1.45. The first kappa shape index (κ1) is 21.4. The number of carbonyl (C=O) groups is 1. The van der Waals surface area contributed by atoms with Crippen LogP contribution in [-0.4, -0.2) is 35.8 Å². The molecule has 1 heterocycles. The van der Waals surface area contributed by atoms with Gasteiger partial charge in [-0.25, -0.2) is 0 Å². The third-order valence-electron chi connectivity index (χ3n) is 4.28. The largest absolute Gasteiger partial charge is 0.497 e. The van der Waals surface area contributed by atoms with Crippen molar-refractivity contribution in [3.8, 4) is 17.2 Å². The van der Waals surface area contributed by atoms with Gasteiger partial charge in [0, 0.05) is 23.7 Å². The number of amides is 1. The minimum absolute atomic E-state index is 0.193. The van der Waals surface area contributed by atoms with Crippen molar-refractivity contribution in [3.63, 3.8) is 0 Å². The van der Waals surface area contributed by atoms with Crippen molar-refractivity contribution >= 4 is 16.8 Å². The van der Waals surface area contributed by atoms with Crippen molar-refractivity contribution in [1.82, 2.24) is 10.3 Å². The van der Waals surface area contributed by atoms with Crippen LogP contribution < -0.4 is 14.8 Å². The molecular formula is C21H19F3N2O4. The zero-order valence-electron chi connectivity index (χ0n) is 16.2. The minimum Gasteiger partial charge on any atom is -0.497 e. The Morgan fingerprint density at radius 2 is 1.87 bits per heavy atom. The smallest absolute Gasteiger partial charge is 0.416 e. The first-order valence-corrected chi connectivity index (χ1v) is 8.96. The van der Waals surface area contributed by atoms with Crippen LogP contribution in [-0.2, 0) is 6.18 Å². The summed E-state index contributed by atoms with van der Waals surface area (Å²) in [6.07, 6.45) is -3.08. The Morgan fingerprint density at radius 1 is 1.17 bits per heavy atom. The number of nitrogens with one attached hydrogen (secondary N) is 1. The molecule has 2 N–H and O–H groups in total. The Hall–Kier alpha value is -3.33. The average Bonchev–Trinajstić information content (AvgIpc) is 2.72. The lowest BCUT2D eigenvalue weighted by atomic mass is 10.1. The third-order valence-corrected chi connectivity index (χ3v) is 4.28. The number of ether oxygens (including phenoxy) is 2. The molecule has 1 atom stereocenters. The Labute approximate surface area is 170 Å². The van der Waals surface area contributed by atoms with Crippen molar-refractivity contribution in [3.05, 3.63) is 59.8 Å². The Morgan fingerprint density at radius 3 is 2.47 bits per heavy atom. The summed E-state index contributed by atoms with van der Waals surface area (Å²) in [5.41, 5.74) is -0.102. The van der Waals surface area contributed by atoms with E-state index in [-0.39, 0.29) is 23.7 Å². The zero-order valence-corrected chi connectivity index (χ0v) is 16.2. The first-order chi connectivity index (χ1) is 14.2. The molecule has 0 saturated carbocycles. The molecule has 1 aromatic heterocycles. The van der Waals surface area contributed by atoms with Crippen LogP contribution in [0, 0.1) is 0 Å². The zero-order chi connectivity index (χ0) is 21.9. The number of carbonyl (C=O) groups excluding carboxylic acids is 1. The Balaban J connectivity index is 1.95. The molecule has 1 amide bonds. The highest BCUT2D eigenvalue weighted by Crippen LogP contribution is 2.35. The number of nitrogens with zero attached hydrogens (tertiary/aromatic N) is 1. The molecule has 0 saturated heterocycles. The predicted molar refractivity (Wildman–Crippen MR) is 104 cm³/mol. The second-order valence-corrected chi connectivity index (χ2v) is 6.60. The molecule has 0 spiro atoms. The minimum atomic E-state index is -4.44. The molecule has 0 radical (unpaired) electrons. The van der Waals surface area contributed by atoms with E-state index in [4.69, 9.17) is 14.6 Å². The van der Waals surface area contributed by atoms with Gasteiger partial charge < -0.3 is 19.9 Å². The Bertz CT molecular complexity index is 1050. The number of aliphatic hydroxyl groups excluding tert-OH is 1. The van der Waals surface area contributed by atoms with Crippen molar-refractivity contribution < 1.29 is 32.5 Å². The molecule has 0 bridgehead atoms. The molecule has 0 aliphatic heterocycles. The fourth-order valence-electron chi connectivity index (χ4n) is 2.70. The van der Waals surface area contributed by atoms with Gasteiger partial charge in [-0.3, -0.25) is 9.78 Å². The number of rotatable bonds is 6. The topological polar surface area (TPSA) is 80.7 Å². The fraction of sp³-hybridized carbons (Fsp3) is 0.238. The second kappa shape index (κ2) is 8.58. The van der Waals surface area contributed by atoms with Gasteiger partial charge in [0.2, 0.25) is 0 Å². The van der Waals surface area contributed by atoms with Crippen LogP contribution in [0.4, 0.5) is 13.2 Å². The summed E-state index contributed by atoms with van der Waals surface area (Å²) in [4.78, 5) is 16.6. The van der Waals surface area contributed by atoms with Crippen molar-refractivity contribution in [1.29, 1.82) is 0 Å². The quantitative estimate of drug-likeness (QED) is 0.626. The van der Waals surface area contributed by atoms with E-state index >= 15 is 0 Å². The lowest BCUT2D eigenvalue weighted by Gasteiger charge is -2.13. The highest BCUT2D eigenvalue weighted by molar-refractivity contribution is 5.98. The van der Waals surface area contributed by atoms with Gasteiger partial charge in [0.15, 0.2) is 5.75 Å². The van der Waals surface area contributed by atoms with E-state index < -0.39 is 23.7 Å². The van der Waals surface area contributed by atoms with Crippen LogP contribution in [0.5, 0.6) is 17.2 Å². The summed E-state index contributed by atoms with van der Waals surface area (Å²) in [5.74, 6) is 0.476. The van der Waals surface area contributed by atoms with E-state index in [0.717, 1.165) is 12.1 Å². The lowest BCUT2D eigenvalue weighted by Crippen LogP contribution is -2.35. The average molecular weight is 420 g/mol. The third kappa shape index (κ3) is 4.80. The van der Waals surface area contributed by atoms with E-state index in [0.29, 0.717) is 16.7 Å². The van der Waals surface area contributed by atoms with Crippen molar-refractivity contribution in [2.45, 2.75) is 19.1 Å². The van der Waals surface area contributed by atoms with E-state index in [1.54, 1.807) is 25.1 Å². The number of hydrogen-bond donors (Lipinski definition) is 2. The number of alkyl halides is 3. The van der Waals surface area contributed by atoms with Gasteiger partial charge >= 0.3 is 6.18 Å². The monoisotopic (exact) mass is 420 g/mol. The maximum atomic E-state index is 12.7. The molecule has 0 unspecified atom stereocenters. The highest BCUT2D eigenvalue weighted by atomic mass is 19.4. The number of aliphatic hydroxyl groups is 1. The molecule has 3 rings (SSSR count). The molecule has 2 aromatic carbocycles. The molecule has 0 fully saturated rings. The van der Waals surface area contributed by atoms with Crippen LogP contribution in [0.25, 0.3) is 10.9 Å². The van der Waals surface area contributed by atoms with Gasteiger partial charge in [-0.15, -0.1) is 0 Å². The summed E-state index contributed by atoms with van der Waals surface area (Å²) in [6.45, 7) is 1.46. The number of halogens is 3. The standard InChI is InChI=1S/C21H19F3N2O4/c1-12(11-27)26-20(28)14-7-13-8-17(29-2)9-18(19(13)25-10-14)30-16-5-3-15(4-6-16)21(22,23)24/h3-10,12,27H,11H2,1-2H3,(H,26,28)/t12-/m1/s1. The van der Waals surface area contributed by atoms with Crippen molar-refractivity contribution in [2.24, 2.45) is 0 Å². The van der Waals surface area contributed by atoms with Gasteiger partial charge in [0.25, 0.3) is 5.91 Å². The van der Waals surface area contributed by atoms with Crippen LogP contribution in [0.2, 0.25) is 0 Å². The molecule has 3 aromatic rings. The number of pyridine rings is 1. The molecular weight excluding hydrogens is 401 g/mol. The Kier molecular flexibility index (Phi) is 6.12. The van der Waals surface area contributed by atoms with Crippen LogP contribution in [0.15, 0.2) is 48.7 Å². The van der Waals surface area contributed by atoms with Gasteiger partial charge in [-0.05, 0) is 43.3 Å². The predicted octanol–water partition coefficient (Wildman–Crippen LogP) is 4.17. The summed E-state index contributed by atoms with van der Waals surface area (Å²) in [5, 5.41) is 12.3. The van der Waals surface area contributed by atoms with Crippen LogP contribution in [0.3, 0.4) is 0 Å². The SMILES string of the molecule is COc1cc(Oc2ccc(C(F)(F)F)cc2)c2ncc(C(=O)N[C@H](C)CO)cc2c1. The second-order valence-electron chi connectivity index (χ2n) is 6.60. The number of aromatic nitrogens is 1. The van der Waals surface area contributed by atoms with Crippen molar-refractivity contribution in [2.75, 3.05) is 13.7 Å². The molecule has 0 aliphatic rings. The maximum Gasteiger partial charge on any atom is 0.416 e. The van der Waals surface area contributed by atoms with Crippen LogP contribution in [0.1, 0.15) is 22.8 Å². The van der Waals surface area contributed by atoms with E-state index in [1.807, 2.05) is 0 Å². The summed E-state index contributed by atoms with van der Waals surface area (Å²) < 4.78 is 49.2. The first-order valence-electron chi connectivity index (χ1n) is 8.96. The lowest BCUT2D eigenvalue weighted by molar-refractivity contribution is -0.137. The van der Waals surface area contributed by atoms with E-state index in [1.165, 1.54) is 25.4 Å². The fourth-order valence-corrected chi connectivity index (χ4v) is 2.70. The molecule has 0 aliphatic carbocycles. The number of fused-ring (bicyclic) bond motifs is 1. The van der Waals surface area contributed by atoms with Gasteiger partial charge in [0.05, 0.1) is 24.8 Å². The van der Waals surface area contributed by atoms with E-state index in [9.17, 15) is 18.0 Å². The van der Waals surface area contributed by atoms with Gasteiger partial charge in [-0.1, -0.05) is 0 Å². The van der Waals surface area contributed by atoms with E-state index in [2.05, 4.69) is 10.3 Å². The van der Waals surface area contributed by atoms with Gasteiger partial charge in [-0.2, -0.15) is 13.2 Å². The molecule has 158 valence electrons.